The maximum Gasteiger partial charge on any atom is 0.106 e. The van der Waals surface area contributed by atoms with Gasteiger partial charge in [0.15, 0.2) is 0 Å². The van der Waals surface area contributed by atoms with Gasteiger partial charge in [-0.1, -0.05) is 66.7 Å². The molecule has 1 heterocycles. The molecular weight excluding hydrogens is 326 g/mol. The third-order valence-corrected chi connectivity index (χ3v) is 3.33. The Balaban J connectivity index is 0.000000194. The molecule has 1 N–H and O–H groups in total. The van der Waals surface area contributed by atoms with E-state index < -0.39 is 6.10 Å². The monoisotopic (exact) mass is 341 g/mol. The van der Waals surface area contributed by atoms with Crippen molar-refractivity contribution in [1.29, 1.82) is 0 Å². The second-order valence-corrected chi connectivity index (χ2v) is 5.19. The summed E-state index contributed by atoms with van der Waals surface area (Å²) in [6, 6.07) is 25.0. The number of hydrogen-bond acceptors (Lipinski definition) is 2. The number of rotatable bonds is 2. The molecule has 21 heavy (non-hydrogen) atoms. The van der Waals surface area contributed by atoms with Gasteiger partial charge < -0.3 is 5.11 Å². The quantitative estimate of drug-likeness (QED) is 0.690. The first-order valence-corrected chi connectivity index (χ1v) is 7.41. The summed E-state index contributed by atoms with van der Waals surface area (Å²) in [7, 11) is 0. The zero-order valence-electron chi connectivity index (χ0n) is 11.4. The van der Waals surface area contributed by atoms with Gasteiger partial charge in [0.25, 0.3) is 0 Å². The molecule has 0 atom stereocenters. The highest BCUT2D eigenvalue weighted by Crippen LogP contribution is 2.20. The Kier molecular flexibility index (Phi) is 6.13. The third kappa shape index (κ3) is 5.14. The Morgan fingerprint density at radius 3 is 1.52 bits per heavy atom. The van der Waals surface area contributed by atoms with Gasteiger partial charge in [-0.15, -0.1) is 0 Å². The number of benzene rings is 2. The molecule has 0 bridgehead atoms. The molecular formula is C18H16BrNO. The van der Waals surface area contributed by atoms with Crippen LogP contribution in [0, 0.1) is 0 Å². The Bertz CT molecular complexity index is 590. The molecule has 3 rings (SSSR count). The molecule has 106 valence electrons. The van der Waals surface area contributed by atoms with Crippen molar-refractivity contribution in [1.82, 2.24) is 4.98 Å². The molecule has 0 amide bonds. The van der Waals surface area contributed by atoms with E-state index >= 15 is 0 Å². The maximum atomic E-state index is 9.99. The van der Waals surface area contributed by atoms with E-state index in [1.54, 1.807) is 6.20 Å². The maximum absolute atomic E-state index is 9.99. The van der Waals surface area contributed by atoms with Gasteiger partial charge in [0.1, 0.15) is 10.7 Å². The van der Waals surface area contributed by atoms with Gasteiger partial charge in [-0.25, -0.2) is 4.98 Å². The number of aliphatic hydroxyl groups is 1. The fraction of sp³-hybridized carbons (Fsp3) is 0.0556. The number of halogens is 1. The van der Waals surface area contributed by atoms with Crippen LogP contribution < -0.4 is 0 Å². The van der Waals surface area contributed by atoms with Crippen LogP contribution in [0.3, 0.4) is 0 Å². The van der Waals surface area contributed by atoms with E-state index in [2.05, 4.69) is 20.9 Å². The summed E-state index contributed by atoms with van der Waals surface area (Å²) >= 11 is 3.20. The Labute approximate surface area is 133 Å². The minimum atomic E-state index is -0.516. The molecule has 0 aliphatic rings. The molecule has 0 aliphatic carbocycles. The van der Waals surface area contributed by atoms with Crippen LogP contribution in [0.4, 0.5) is 0 Å². The summed E-state index contributed by atoms with van der Waals surface area (Å²) in [5, 5.41) is 9.99. The number of aliphatic hydroxyl groups excluding tert-OH is 1. The van der Waals surface area contributed by atoms with Crippen LogP contribution in [-0.2, 0) is 0 Å². The lowest BCUT2D eigenvalue weighted by molar-refractivity contribution is 0.220. The van der Waals surface area contributed by atoms with Crippen LogP contribution in [0.25, 0.3) is 0 Å². The summed E-state index contributed by atoms with van der Waals surface area (Å²) in [5.41, 5.74) is 1.86. The number of hydrogen-bond donors (Lipinski definition) is 1. The first-order chi connectivity index (χ1) is 10.3. The van der Waals surface area contributed by atoms with Crippen molar-refractivity contribution >= 4 is 15.9 Å². The van der Waals surface area contributed by atoms with Gasteiger partial charge in [-0.3, -0.25) is 0 Å². The molecule has 0 spiro atoms. The van der Waals surface area contributed by atoms with Crippen molar-refractivity contribution in [2.45, 2.75) is 6.10 Å². The molecule has 2 nitrogen and oxygen atoms in total. The first kappa shape index (κ1) is 15.4. The Hall–Kier alpha value is -1.97. The van der Waals surface area contributed by atoms with Crippen LogP contribution in [-0.4, -0.2) is 10.1 Å². The standard InChI is InChI=1S/C13H12O.C5H4BrN/c14-13(11-7-3-1-4-8-11)12-9-5-2-6-10-12;6-5-3-1-2-4-7-5/h1-10,13-14H;1-4H. The third-order valence-electron chi connectivity index (χ3n) is 2.86. The first-order valence-electron chi connectivity index (χ1n) is 6.62. The number of nitrogens with zero attached hydrogens (tertiary/aromatic N) is 1. The average Bonchev–Trinajstić information content (AvgIpc) is 2.57. The van der Waals surface area contributed by atoms with Crippen molar-refractivity contribution in [3.05, 3.63) is 101 Å². The average molecular weight is 342 g/mol. The summed E-state index contributed by atoms with van der Waals surface area (Å²) in [4.78, 5) is 3.90. The predicted molar refractivity (Wildman–Crippen MR) is 88.9 cm³/mol. The molecule has 0 fully saturated rings. The molecule has 0 saturated heterocycles. The predicted octanol–water partition coefficient (Wildman–Crippen LogP) is 4.61. The topological polar surface area (TPSA) is 33.1 Å². The van der Waals surface area contributed by atoms with Crippen LogP contribution >= 0.6 is 15.9 Å². The zero-order chi connectivity index (χ0) is 14.9. The largest absolute Gasteiger partial charge is 0.384 e. The van der Waals surface area contributed by atoms with Crippen LogP contribution in [0.1, 0.15) is 17.2 Å². The fourth-order valence-corrected chi connectivity index (χ4v) is 2.08. The highest BCUT2D eigenvalue weighted by molar-refractivity contribution is 9.10. The summed E-state index contributed by atoms with van der Waals surface area (Å²) in [6.07, 6.45) is 1.22. The van der Waals surface area contributed by atoms with Gasteiger partial charge in [-0.2, -0.15) is 0 Å². The summed E-state index contributed by atoms with van der Waals surface area (Å²) in [5.74, 6) is 0. The van der Waals surface area contributed by atoms with E-state index in [9.17, 15) is 5.11 Å². The lowest BCUT2D eigenvalue weighted by Crippen LogP contribution is -1.98. The van der Waals surface area contributed by atoms with E-state index in [4.69, 9.17) is 0 Å². The highest BCUT2D eigenvalue weighted by Gasteiger charge is 2.07. The van der Waals surface area contributed by atoms with Crippen LogP contribution in [0.15, 0.2) is 89.7 Å². The molecule has 0 saturated carbocycles. The minimum absolute atomic E-state index is 0.516. The Morgan fingerprint density at radius 1 is 0.714 bits per heavy atom. The SMILES string of the molecule is Brc1ccccn1.OC(c1ccccc1)c1ccccc1. The second-order valence-electron chi connectivity index (χ2n) is 4.38. The highest BCUT2D eigenvalue weighted by atomic mass is 79.9. The molecule has 2 aromatic carbocycles. The van der Waals surface area contributed by atoms with Gasteiger partial charge >= 0.3 is 0 Å². The molecule has 3 heteroatoms. The van der Waals surface area contributed by atoms with Gasteiger partial charge in [0.05, 0.1) is 0 Å². The minimum Gasteiger partial charge on any atom is -0.384 e. The van der Waals surface area contributed by atoms with Crippen LogP contribution in [0.5, 0.6) is 0 Å². The van der Waals surface area contributed by atoms with Gasteiger partial charge in [-0.05, 0) is 39.2 Å². The van der Waals surface area contributed by atoms with Gasteiger partial charge in [0, 0.05) is 6.20 Å². The van der Waals surface area contributed by atoms with Crippen molar-refractivity contribution in [3.63, 3.8) is 0 Å². The zero-order valence-corrected chi connectivity index (χ0v) is 13.0. The van der Waals surface area contributed by atoms with E-state index in [0.29, 0.717) is 0 Å². The molecule has 0 aliphatic heterocycles. The normalized spacial score (nSPS) is 9.86. The smallest absolute Gasteiger partial charge is 0.106 e. The van der Waals surface area contributed by atoms with Crippen LogP contribution in [0.2, 0.25) is 0 Å². The van der Waals surface area contributed by atoms with E-state index in [0.717, 1.165) is 15.7 Å². The molecule has 0 unspecified atom stereocenters. The second kappa shape index (κ2) is 8.35. The fourth-order valence-electron chi connectivity index (χ4n) is 1.81. The van der Waals surface area contributed by atoms with Gasteiger partial charge in [0.2, 0.25) is 0 Å². The molecule has 3 aromatic rings. The van der Waals surface area contributed by atoms with Crippen molar-refractivity contribution in [2.24, 2.45) is 0 Å². The van der Waals surface area contributed by atoms with Crippen molar-refractivity contribution in [3.8, 4) is 0 Å². The molecule has 0 radical (unpaired) electrons. The Morgan fingerprint density at radius 2 is 1.19 bits per heavy atom. The van der Waals surface area contributed by atoms with Crippen molar-refractivity contribution in [2.75, 3.05) is 0 Å². The lowest BCUT2D eigenvalue weighted by Gasteiger charge is -2.10. The van der Waals surface area contributed by atoms with E-state index in [-0.39, 0.29) is 0 Å². The lowest BCUT2D eigenvalue weighted by atomic mass is 10.0. The summed E-state index contributed by atoms with van der Waals surface area (Å²) < 4.78 is 0.884. The number of aromatic nitrogens is 1. The van der Waals surface area contributed by atoms with E-state index in [1.807, 2.05) is 78.9 Å². The number of pyridine rings is 1. The van der Waals surface area contributed by atoms with Crippen molar-refractivity contribution < 1.29 is 5.11 Å². The molecule has 1 aromatic heterocycles. The van der Waals surface area contributed by atoms with E-state index in [1.165, 1.54) is 0 Å². The summed E-state index contributed by atoms with van der Waals surface area (Å²) in [6.45, 7) is 0.